The minimum absolute atomic E-state index is 0.0979. The van der Waals surface area contributed by atoms with Crippen molar-refractivity contribution in [2.75, 3.05) is 6.54 Å². The van der Waals surface area contributed by atoms with Gasteiger partial charge in [-0.1, -0.05) is 13.8 Å². The Morgan fingerprint density at radius 2 is 2.25 bits per heavy atom. The quantitative estimate of drug-likeness (QED) is 0.710. The summed E-state index contributed by atoms with van der Waals surface area (Å²) in [7, 11) is 0. The normalized spacial score (nSPS) is 35.1. The van der Waals surface area contributed by atoms with Crippen molar-refractivity contribution in [3.63, 3.8) is 0 Å². The van der Waals surface area contributed by atoms with E-state index >= 15 is 0 Å². The lowest BCUT2D eigenvalue weighted by Gasteiger charge is -2.41. The van der Waals surface area contributed by atoms with E-state index in [1.165, 1.54) is 0 Å². The van der Waals surface area contributed by atoms with Crippen LogP contribution in [0.4, 0.5) is 0 Å². The first-order valence-corrected chi connectivity index (χ1v) is 5.98. The van der Waals surface area contributed by atoms with E-state index in [1.54, 1.807) is 0 Å². The van der Waals surface area contributed by atoms with Gasteiger partial charge in [-0.3, -0.25) is 4.79 Å². The van der Waals surface area contributed by atoms with Gasteiger partial charge >= 0.3 is 5.97 Å². The van der Waals surface area contributed by atoms with Crippen LogP contribution in [0.25, 0.3) is 0 Å². The topological polar surface area (TPSA) is 72.5 Å². The first-order chi connectivity index (χ1) is 7.38. The van der Waals surface area contributed by atoms with Gasteiger partial charge in [-0.25, -0.2) is 0 Å². The molecule has 0 aliphatic heterocycles. The molecule has 4 nitrogen and oxygen atoms in total. The zero-order valence-corrected chi connectivity index (χ0v) is 10.4. The number of hydrogen-bond acceptors (Lipinski definition) is 4. The minimum atomic E-state index is -0.540. The lowest BCUT2D eigenvalue weighted by Crippen LogP contribution is -2.45. The average Bonchev–Trinajstić information content (AvgIpc) is 2.16. The lowest BCUT2D eigenvalue weighted by atomic mass is 9.73. The molecular weight excluding hydrogens is 206 g/mol. The van der Waals surface area contributed by atoms with Crippen LogP contribution in [-0.4, -0.2) is 29.3 Å². The first kappa shape index (κ1) is 13.5. The van der Waals surface area contributed by atoms with Crippen LogP contribution in [0.1, 0.15) is 40.0 Å². The Morgan fingerprint density at radius 1 is 1.62 bits per heavy atom. The van der Waals surface area contributed by atoms with Crippen LogP contribution >= 0.6 is 0 Å². The second kappa shape index (κ2) is 5.15. The van der Waals surface area contributed by atoms with Gasteiger partial charge in [0.15, 0.2) is 0 Å². The van der Waals surface area contributed by atoms with E-state index in [0.717, 1.165) is 12.8 Å². The molecule has 94 valence electrons. The van der Waals surface area contributed by atoms with E-state index in [9.17, 15) is 9.90 Å². The van der Waals surface area contributed by atoms with E-state index in [1.807, 2.05) is 6.92 Å². The van der Waals surface area contributed by atoms with Crippen molar-refractivity contribution < 1.29 is 14.6 Å². The second-order valence-electron chi connectivity index (χ2n) is 5.35. The first-order valence-electron chi connectivity index (χ1n) is 5.98. The van der Waals surface area contributed by atoms with Crippen LogP contribution in [0, 0.1) is 11.8 Å². The van der Waals surface area contributed by atoms with Gasteiger partial charge in [0.05, 0.1) is 12.6 Å². The van der Waals surface area contributed by atoms with Crippen LogP contribution in [0.15, 0.2) is 0 Å². The molecule has 0 aromatic heterocycles. The highest BCUT2D eigenvalue weighted by molar-refractivity contribution is 5.71. The van der Waals surface area contributed by atoms with Crippen LogP contribution in [0.5, 0.6) is 0 Å². The fourth-order valence-corrected chi connectivity index (χ4v) is 2.55. The van der Waals surface area contributed by atoms with Gasteiger partial charge in [0.1, 0.15) is 5.60 Å². The molecule has 1 aliphatic rings. The third-order valence-electron chi connectivity index (χ3n) is 3.52. The molecule has 1 fully saturated rings. The molecule has 0 aromatic rings. The zero-order chi connectivity index (χ0) is 12.3. The summed E-state index contributed by atoms with van der Waals surface area (Å²) < 4.78 is 5.30. The number of rotatable bonds is 3. The summed E-state index contributed by atoms with van der Waals surface area (Å²) in [5.41, 5.74) is 4.68. The third-order valence-corrected chi connectivity index (χ3v) is 3.52. The standard InChI is InChI=1S/C12H23NO3/c1-8(2)9-4-5-12(3,6-10(9)14)16-11(15)7-13/h8-10,14H,4-7,13H2,1-3H3/t9-,10+,12+/m0/s1. The molecule has 0 amide bonds. The summed E-state index contributed by atoms with van der Waals surface area (Å²) in [5.74, 6) is 0.382. The molecule has 3 atom stereocenters. The van der Waals surface area contributed by atoms with E-state index in [0.29, 0.717) is 18.3 Å². The fraction of sp³-hybridized carbons (Fsp3) is 0.917. The number of aliphatic hydroxyl groups excluding tert-OH is 1. The monoisotopic (exact) mass is 229 g/mol. The maximum atomic E-state index is 11.2. The Morgan fingerprint density at radius 3 is 2.69 bits per heavy atom. The molecule has 1 saturated carbocycles. The van der Waals surface area contributed by atoms with Gasteiger partial charge in [-0.2, -0.15) is 0 Å². The zero-order valence-electron chi connectivity index (χ0n) is 10.4. The summed E-state index contributed by atoms with van der Waals surface area (Å²) in [6, 6.07) is 0. The van der Waals surface area contributed by atoms with Gasteiger partial charge in [0.25, 0.3) is 0 Å². The molecule has 0 saturated heterocycles. The van der Waals surface area contributed by atoms with Crippen LogP contribution < -0.4 is 5.73 Å². The number of carbonyl (C=O) groups is 1. The summed E-state index contributed by atoms with van der Waals surface area (Å²) in [6.45, 7) is 6.00. The fourth-order valence-electron chi connectivity index (χ4n) is 2.55. The van der Waals surface area contributed by atoms with Crippen LogP contribution in [-0.2, 0) is 9.53 Å². The molecule has 1 aliphatic carbocycles. The molecule has 1 rings (SSSR count). The predicted octanol–water partition coefficient (Wildman–Crippen LogP) is 1.06. The molecule has 0 heterocycles. The van der Waals surface area contributed by atoms with E-state index in [-0.39, 0.29) is 12.6 Å². The molecule has 3 N–H and O–H groups in total. The van der Waals surface area contributed by atoms with Gasteiger partial charge in [-0.05, 0) is 31.6 Å². The lowest BCUT2D eigenvalue weighted by molar-refractivity contribution is -0.166. The number of carbonyl (C=O) groups excluding carboxylic acids is 1. The van der Waals surface area contributed by atoms with Crippen molar-refractivity contribution in [2.45, 2.75) is 51.7 Å². The number of ether oxygens (including phenoxy) is 1. The third kappa shape index (κ3) is 3.19. The Kier molecular flexibility index (Phi) is 4.33. The van der Waals surface area contributed by atoms with E-state index in [2.05, 4.69) is 13.8 Å². The molecular formula is C12H23NO3. The average molecular weight is 229 g/mol. The second-order valence-corrected chi connectivity index (χ2v) is 5.35. The minimum Gasteiger partial charge on any atom is -0.458 e. The Labute approximate surface area is 97.2 Å². The highest BCUT2D eigenvalue weighted by Gasteiger charge is 2.40. The Bertz CT molecular complexity index is 255. The van der Waals surface area contributed by atoms with Crippen molar-refractivity contribution in [3.8, 4) is 0 Å². The SMILES string of the molecule is CC(C)[C@@H]1CC[C@@](C)(OC(=O)CN)C[C@H]1O. The van der Waals surface area contributed by atoms with Crippen molar-refractivity contribution >= 4 is 5.97 Å². The van der Waals surface area contributed by atoms with Crippen molar-refractivity contribution in [2.24, 2.45) is 17.6 Å². The smallest absolute Gasteiger partial charge is 0.320 e. The van der Waals surface area contributed by atoms with Gasteiger partial charge in [0.2, 0.25) is 0 Å². The van der Waals surface area contributed by atoms with E-state index < -0.39 is 11.6 Å². The predicted molar refractivity (Wildman–Crippen MR) is 61.7 cm³/mol. The number of hydrogen-bond donors (Lipinski definition) is 2. The molecule has 4 heteroatoms. The number of aliphatic hydroxyl groups is 1. The summed E-state index contributed by atoms with van der Waals surface area (Å²) in [5, 5.41) is 10.0. The summed E-state index contributed by atoms with van der Waals surface area (Å²) in [6.07, 6.45) is 1.83. The van der Waals surface area contributed by atoms with Crippen molar-refractivity contribution in [1.82, 2.24) is 0 Å². The number of esters is 1. The maximum Gasteiger partial charge on any atom is 0.320 e. The van der Waals surface area contributed by atoms with E-state index in [4.69, 9.17) is 10.5 Å². The summed E-state index contributed by atoms with van der Waals surface area (Å²) >= 11 is 0. The van der Waals surface area contributed by atoms with Crippen molar-refractivity contribution in [1.29, 1.82) is 0 Å². The number of nitrogens with two attached hydrogens (primary N) is 1. The van der Waals surface area contributed by atoms with Crippen molar-refractivity contribution in [3.05, 3.63) is 0 Å². The van der Waals surface area contributed by atoms with Gasteiger partial charge in [0, 0.05) is 6.42 Å². The van der Waals surface area contributed by atoms with Crippen LogP contribution in [0.2, 0.25) is 0 Å². The highest BCUT2D eigenvalue weighted by Crippen LogP contribution is 2.38. The molecule has 0 radical (unpaired) electrons. The summed E-state index contributed by atoms with van der Waals surface area (Å²) in [4.78, 5) is 11.2. The largest absolute Gasteiger partial charge is 0.458 e. The van der Waals surface area contributed by atoms with Gasteiger partial charge in [-0.15, -0.1) is 0 Å². The highest BCUT2D eigenvalue weighted by atomic mass is 16.6. The van der Waals surface area contributed by atoms with Crippen LogP contribution in [0.3, 0.4) is 0 Å². The molecule has 0 bridgehead atoms. The molecule has 0 spiro atoms. The molecule has 0 unspecified atom stereocenters. The Balaban J connectivity index is 2.58. The molecule has 16 heavy (non-hydrogen) atoms. The Hall–Kier alpha value is -0.610. The maximum absolute atomic E-state index is 11.2. The molecule has 0 aromatic carbocycles. The van der Waals surface area contributed by atoms with Gasteiger partial charge < -0.3 is 15.6 Å².